The average Bonchev–Trinajstić information content (AvgIpc) is 3.40. The second-order valence-electron chi connectivity index (χ2n) is 8.27. The van der Waals surface area contributed by atoms with Crippen LogP contribution in [-0.4, -0.2) is 26.1 Å². The van der Waals surface area contributed by atoms with Crippen LogP contribution in [0.15, 0.2) is 51.9 Å². The number of carbonyl (C=O) groups excluding carboxylic acids is 1. The van der Waals surface area contributed by atoms with Crippen molar-refractivity contribution in [2.75, 3.05) is 0 Å². The zero-order valence-corrected chi connectivity index (χ0v) is 20.3. The molecule has 0 atom stereocenters. The Bertz CT molecular complexity index is 1390. The summed E-state index contributed by atoms with van der Waals surface area (Å²) in [5.74, 6) is 1.07. The van der Waals surface area contributed by atoms with Crippen LogP contribution in [0.5, 0.6) is 5.75 Å². The summed E-state index contributed by atoms with van der Waals surface area (Å²) in [5, 5.41) is 3.71. The zero-order chi connectivity index (χ0) is 24.4. The summed E-state index contributed by atoms with van der Waals surface area (Å²) in [6.07, 6.45) is 1.83. The van der Waals surface area contributed by atoms with Gasteiger partial charge in [0.2, 0.25) is 0 Å². The van der Waals surface area contributed by atoms with Crippen molar-refractivity contribution in [2.45, 2.75) is 46.4 Å². The molecule has 3 aromatic heterocycles. The predicted molar refractivity (Wildman–Crippen MR) is 131 cm³/mol. The van der Waals surface area contributed by atoms with E-state index in [1.807, 2.05) is 39.0 Å². The second kappa shape index (κ2) is 9.77. The number of amides is 1. The molecule has 0 fully saturated rings. The molecule has 0 aliphatic heterocycles. The number of halogens is 1. The number of nitrogens with zero attached hydrogens (tertiary/aromatic N) is 3. The van der Waals surface area contributed by atoms with Gasteiger partial charge >= 0.3 is 0 Å². The van der Waals surface area contributed by atoms with E-state index in [1.165, 1.54) is 0 Å². The molecule has 34 heavy (non-hydrogen) atoms. The van der Waals surface area contributed by atoms with E-state index >= 15 is 0 Å². The third kappa shape index (κ3) is 4.59. The van der Waals surface area contributed by atoms with Gasteiger partial charge in [-0.15, -0.1) is 0 Å². The van der Waals surface area contributed by atoms with Crippen LogP contribution in [0.3, 0.4) is 0 Å². The molecule has 1 amide bonds. The quantitative estimate of drug-likeness (QED) is 0.404. The van der Waals surface area contributed by atoms with E-state index in [0.717, 1.165) is 5.56 Å². The molecular formula is C25H27ClN4O4. The van der Waals surface area contributed by atoms with Gasteiger partial charge in [0.15, 0.2) is 17.1 Å². The van der Waals surface area contributed by atoms with Crippen molar-refractivity contribution in [3.05, 3.63) is 80.9 Å². The minimum Gasteiger partial charge on any atom is -0.488 e. The normalized spacial score (nSPS) is 11.4. The maximum atomic E-state index is 13.8. The fraction of sp³-hybridized carbons (Fsp3) is 0.320. The molecule has 3 heterocycles. The monoisotopic (exact) mass is 482 g/mol. The zero-order valence-electron chi connectivity index (χ0n) is 19.6. The highest BCUT2D eigenvalue weighted by Crippen LogP contribution is 2.31. The number of ether oxygens (including phenoxy) is 1. The number of carbonyl (C=O) groups is 1. The minimum absolute atomic E-state index is 0.209. The molecule has 4 aromatic rings. The first kappa shape index (κ1) is 23.6. The lowest BCUT2D eigenvalue weighted by Crippen LogP contribution is -2.26. The van der Waals surface area contributed by atoms with Crippen LogP contribution in [0, 0.1) is 0 Å². The minimum atomic E-state index is -0.383. The van der Waals surface area contributed by atoms with Gasteiger partial charge in [0.05, 0.1) is 25.5 Å². The topological polar surface area (TPSA) is 91.3 Å². The number of aromatic nitrogens is 3. The van der Waals surface area contributed by atoms with Gasteiger partial charge < -0.3 is 19.0 Å². The number of hydrogen-bond donors (Lipinski definition) is 1. The van der Waals surface area contributed by atoms with Crippen LogP contribution in [0.1, 0.15) is 48.4 Å². The summed E-state index contributed by atoms with van der Waals surface area (Å²) < 4.78 is 14.6. The van der Waals surface area contributed by atoms with Crippen LogP contribution >= 0.6 is 11.6 Å². The molecule has 0 unspecified atom stereocenters. The van der Waals surface area contributed by atoms with Gasteiger partial charge in [0.25, 0.3) is 11.5 Å². The molecule has 178 valence electrons. The van der Waals surface area contributed by atoms with Gasteiger partial charge in [-0.05, 0) is 43.7 Å². The molecule has 0 saturated carbocycles. The van der Waals surface area contributed by atoms with E-state index in [1.54, 1.807) is 40.6 Å². The molecule has 0 bridgehead atoms. The second-order valence-corrected chi connectivity index (χ2v) is 8.70. The Morgan fingerprint density at radius 1 is 1.26 bits per heavy atom. The smallest absolute Gasteiger partial charge is 0.272 e. The van der Waals surface area contributed by atoms with Crippen LogP contribution in [0.4, 0.5) is 0 Å². The van der Waals surface area contributed by atoms with E-state index in [9.17, 15) is 9.59 Å². The first-order chi connectivity index (χ1) is 16.3. The van der Waals surface area contributed by atoms with Crippen molar-refractivity contribution in [3.63, 3.8) is 0 Å². The summed E-state index contributed by atoms with van der Waals surface area (Å²) >= 11 is 6.15. The molecule has 8 nitrogen and oxygen atoms in total. The van der Waals surface area contributed by atoms with Gasteiger partial charge in [-0.2, -0.15) is 0 Å². The number of fused-ring (bicyclic) bond motifs is 1. The Kier molecular flexibility index (Phi) is 6.79. The highest BCUT2D eigenvalue weighted by molar-refractivity contribution is 6.30. The Morgan fingerprint density at radius 2 is 2.06 bits per heavy atom. The molecule has 0 aliphatic carbocycles. The predicted octanol–water partition coefficient (Wildman–Crippen LogP) is 4.31. The van der Waals surface area contributed by atoms with Gasteiger partial charge in [-0.1, -0.05) is 30.7 Å². The Balaban J connectivity index is 1.86. The van der Waals surface area contributed by atoms with Crippen molar-refractivity contribution in [3.8, 4) is 5.75 Å². The maximum absolute atomic E-state index is 13.8. The van der Waals surface area contributed by atoms with Crippen LogP contribution in [0.25, 0.3) is 11.0 Å². The summed E-state index contributed by atoms with van der Waals surface area (Å²) in [6, 6.07) is 10.9. The van der Waals surface area contributed by atoms with Gasteiger partial charge in [0.1, 0.15) is 17.0 Å². The number of benzene rings is 1. The van der Waals surface area contributed by atoms with Crippen LogP contribution in [0.2, 0.25) is 5.02 Å². The van der Waals surface area contributed by atoms with E-state index in [0.29, 0.717) is 35.2 Å². The van der Waals surface area contributed by atoms with E-state index in [2.05, 4.69) is 5.32 Å². The lowest BCUT2D eigenvalue weighted by molar-refractivity contribution is 0.0934. The molecular weight excluding hydrogens is 456 g/mol. The molecule has 1 aromatic carbocycles. The molecule has 4 rings (SSSR count). The van der Waals surface area contributed by atoms with E-state index in [4.69, 9.17) is 25.7 Å². The first-order valence-electron chi connectivity index (χ1n) is 11.1. The standard InChI is InChI=1S/C25H27ClN4O4/c1-5-19-28-23-20(25(32)30(19)14-16-8-6-9-17(26)12-16)22(34-15(2)3)21(29(23)4)24(31)27-13-18-10-7-11-33-18/h6-12,15H,5,13-14H2,1-4H3,(H,27,31). The van der Waals surface area contributed by atoms with Crippen molar-refractivity contribution in [1.29, 1.82) is 0 Å². The average molecular weight is 483 g/mol. The number of aryl methyl sites for hydroxylation is 2. The third-order valence-electron chi connectivity index (χ3n) is 5.44. The SMILES string of the molecule is CCc1nc2c(c(OC(C)C)c(C(=O)NCc3ccco3)n2C)c(=O)n1Cc1cccc(Cl)c1. The summed E-state index contributed by atoms with van der Waals surface area (Å²) in [6.45, 7) is 6.15. The first-order valence-corrected chi connectivity index (χ1v) is 11.5. The highest BCUT2D eigenvalue weighted by atomic mass is 35.5. The Morgan fingerprint density at radius 3 is 2.71 bits per heavy atom. The third-order valence-corrected chi connectivity index (χ3v) is 5.68. The highest BCUT2D eigenvalue weighted by Gasteiger charge is 2.28. The fourth-order valence-corrected chi connectivity index (χ4v) is 4.14. The maximum Gasteiger partial charge on any atom is 0.272 e. The number of hydrogen-bond acceptors (Lipinski definition) is 5. The van der Waals surface area contributed by atoms with Gasteiger partial charge in [-0.3, -0.25) is 14.2 Å². The van der Waals surface area contributed by atoms with Gasteiger partial charge in [-0.25, -0.2) is 4.98 Å². The van der Waals surface area contributed by atoms with Crippen molar-refractivity contribution in [2.24, 2.45) is 7.05 Å². The van der Waals surface area contributed by atoms with Crippen LogP contribution < -0.4 is 15.6 Å². The van der Waals surface area contributed by atoms with Crippen LogP contribution in [-0.2, 0) is 26.6 Å². The largest absolute Gasteiger partial charge is 0.488 e. The number of rotatable bonds is 8. The van der Waals surface area contributed by atoms with E-state index in [-0.39, 0.29) is 40.9 Å². The molecule has 0 radical (unpaired) electrons. The van der Waals surface area contributed by atoms with Gasteiger partial charge in [0, 0.05) is 18.5 Å². The van der Waals surface area contributed by atoms with E-state index < -0.39 is 0 Å². The molecule has 0 aliphatic rings. The molecule has 1 N–H and O–H groups in total. The lowest BCUT2D eigenvalue weighted by Gasteiger charge is -2.13. The Hall–Kier alpha value is -3.52. The molecule has 9 heteroatoms. The summed E-state index contributed by atoms with van der Waals surface area (Å²) in [4.78, 5) is 31.8. The molecule has 0 saturated heterocycles. The Labute approximate surface area is 202 Å². The summed E-state index contributed by atoms with van der Waals surface area (Å²) in [5.41, 5.74) is 1.26. The van der Waals surface area contributed by atoms with Crippen molar-refractivity contribution in [1.82, 2.24) is 19.4 Å². The molecule has 0 spiro atoms. The number of furan rings is 1. The summed E-state index contributed by atoms with van der Waals surface area (Å²) in [7, 11) is 1.71. The fourth-order valence-electron chi connectivity index (χ4n) is 3.93. The number of nitrogens with one attached hydrogen (secondary N) is 1. The van der Waals surface area contributed by atoms with Crippen molar-refractivity contribution >= 4 is 28.5 Å². The van der Waals surface area contributed by atoms with Crippen molar-refractivity contribution < 1.29 is 13.9 Å². The lowest BCUT2D eigenvalue weighted by atomic mass is 10.2.